The maximum atomic E-state index is 12.4. The van der Waals surface area contributed by atoms with Crippen LogP contribution in [0, 0.1) is 0 Å². The third-order valence-corrected chi connectivity index (χ3v) is 5.71. The number of hydrogen-bond donors (Lipinski definition) is 2. The van der Waals surface area contributed by atoms with Crippen LogP contribution in [0.15, 0.2) is 57.9 Å². The van der Waals surface area contributed by atoms with Gasteiger partial charge in [0.1, 0.15) is 11.4 Å². The van der Waals surface area contributed by atoms with E-state index in [9.17, 15) is 13.5 Å². The van der Waals surface area contributed by atoms with Gasteiger partial charge in [0, 0.05) is 23.0 Å². The number of para-hydroxylation sites is 1. The Balaban J connectivity index is 1.83. The van der Waals surface area contributed by atoms with Gasteiger partial charge < -0.3 is 9.84 Å². The van der Waals surface area contributed by atoms with E-state index in [1.165, 1.54) is 12.1 Å². The summed E-state index contributed by atoms with van der Waals surface area (Å²) in [5.74, 6) is 0.586. The smallest absolute Gasteiger partial charge is 0.240 e. The lowest BCUT2D eigenvalue weighted by Crippen LogP contribution is -2.43. The summed E-state index contributed by atoms with van der Waals surface area (Å²) in [5, 5.41) is 10.9. The number of aliphatic hydroxyl groups is 1. The third kappa shape index (κ3) is 3.42. The third-order valence-electron chi connectivity index (χ3n) is 3.82. The van der Waals surface area contributed by atoms with E-state index >= 15 is 0 Å². The Hall–Kier alpha value is -1.41. The van der Waals surface area contributed by atoms with Crippen LogP contribution in [0.2, 0.25) is 0 Å². The topological polar surface area (TPSA) is 75.6 Å². The van der Waals surface area contributed by atoms with Crippen molar-refractivity contribution in [1.29, 1.82) is 0 Å². The number of hydrogen-bond acceptors (Lipinski definition) is 4. The number of halogens is 1. The van der Waals surface area contributed by atoms with Crippen LogP contribution in [-0.4, -0.2) is 26.7 Å². The molecule has 23 heavy (non-hydrogen) atoms. The highest BCUT2D eigenvalue weighted by Gasteiger charge is 2.36. The van der Waals surface area contributed by atoms with E-state index in [2.05, 4.69) is 20.7 Å². The Morgan fingerprint density at radius 2 is 2.00 bits per heavy atom. The zero-order valence-electron chi connectivity index (χ0n) is 12.2. The van der Waals surface area contributed by atoms with Crippen molar-refractivity contribution in [2.75, 3.05) is 13.2 Å². The number of nitrogens with one attached hydrogen (secondary N) is 1. The van der Waals surface area contributed by atoms with Crippen molar-refractivity contribution in [2.24, 2.45) is 0 Å². The van der Waals surface area contributed by atoms with Crippen LogP contribution in [0.1, 0.15) is 12.0 Å². The molecule has 0 amide bonds. The molecule has 0 spiro atoms. The summed E-state index contributed by atoms with van der Waals surface area (Å²) in [6, 6.07) is 13.6. The molecule has 3 rings (SSSR count). The fourth-order valence-electron chi connectivity index (χ4n) is 2.56. The molecule has 1 heterocycles. The second-order valence-corrected chi connectivity index (χ2v) is 8.09. The maximum Gasteiger partial charge on any atom is 0.240 e. The minimum absolute atomic E-state index is 0.109. The van der Waals surface area contributed by atoms with Crippen molar-refractivity contribution >= 4 is 26.0 Å². The highest BCUT2D eigenvalue weighted by Crippen LogP contribution is 2.36. The normalized spacial score (nSPS) is 20.6. The molecule has 5 nitrogen and oxygen atoms in total. The van der Waals surface area contributed by atoms with Crippen LogP contribution in [0.3, 0.4) is 0 Å². The van der Waals surface area contributed by atoms with Gasteiger partial charge in [-0.3, -0.25) is 0 Å². The number of ether oxygens (including phenoxy) is 1. The predicted molar refractivity (Wildman–Crippen MR) is 89.8 cm³/mol. The molecule has 0 bridgehead atoms. The first-order valence-corrected chi connectivity index (χ1v) is 9.38. The number of sulfonamides is 1. The molecule has 2 aromatic rings. The van der Waals surface area contributed by atoms with Crippen LogP contribution >= 0.6 is 15.9 Å². The van der Waals surface area contributed by atoms with Gasteiger partial charge in [-0.25, -0.2) is 13.1 Å². The second kappa shape index (κ2) is 6.24. The molecule has 0 aromatic heterocycles. The van der Waals surface area contributed by atoms with Gasteiger partial charge in [0.15, 0.2) is 0 Å². The highest BCUT2D eigenvalue weighted by atomic mass is 79.9. The molecule has 1 aliphatic rings. The molecule has 0 aliphatic carbocycles. The molecule has 0 radical (unpaired) electrons. The van der Waals surface area contributed by atoms with Crippen LogP contribution in [0.5, 0.6) is 5.75 Å². The molecular formula is C16H16BrNO4S. The highest BCUT2D eigenvalue weighted by molar-refractivity contribution is 9.10. The summed E-state index contributed by atoms with van der Waals surface area (Å²) in [7, 11) is -3.70. The summed E-state index contributed by atoms with van der Waals surface area (Å²) < 4.78 is 33.5. The summed E-state index contributed by atoms with van der Waals surface area (Å²) in [5.41, 5.74) is -0.684. The van der Waals surface area contributed by atoms with Crippen molar-refractivity contribution in [1.82, 2.24) is 4.72 Å². The Kier molecular flexibility index (Phi) is 4.46. The lowest BCUT2D eigenvalue weighted by atomic mass is 9.88. The van der Waals surface area contributed by atoms with Crippen molar-refractivity contribution in [3.63, 3.8) is 0 Å². The van der Waals surface area contributed by atoms with E-state index < -0.39 is 15.6 Å². The zero-order valence-corrected chi connectivity index (χ0v) is 14.6. The first-order chi connectivity index (χ1) is 10.9. The summed E-state index contributed by atoms with van der Waals surface area (Å²) in [4.78, 5) is 0.149. The first-order valence-electron chi connectivity index (χ1n) is 7.11. The van der Waals surface area contributed by atoms with Gasteiger partial charge in [-0.1, -0.05) is 40.2 Å². The van der Waals surface area contributed by atoms with E-state index in [0.717, 1.165) is 0 Å². The Labute approximate surface area is 143 Å². The molecular weight excluding hydrogens is 382 g/mol. The summed E-state index contributed by atoms with van der Waals surface area (Å²) >= 11 is 3.26. The largest absolute Gasteiger partial charge is 0.493 e. The molecule has 7 heteroatoms. The fourth-order valence-corrected chi connectivity index (χ4v) is 4.24. The standard InChI is InChI=1S/C16H16BrNO4S/c17-12-4-3-5-13(10-12)23(20,21)18-11-16(19)8-9-22-15-7-2-1-6-14(15)16/h1-7,10,18-19H,8-9,11H2. The van der Waals surface area contributed by atoms with E-state index in [0.29, 0.717) is 28.8 Å². The fraction of sp³-hybridized carbons (Fsp3) is 0.250. The molecule has 1 atom stereocenters. The first kappa shape index (κ1) is 16.4. The van der Waals surface area contributed by atoms with Gasteiger partial charge in [0.2, 0.25) is 10.0 Å². The summed E-state index contributed by atoms with van der Waals surface area (Å²) in [6.45, 7) is 0.231. The van der Waals surface area contributed by atoms with Gasteiger partial charge in [0.25, 0.3) is 0 Å². The number of fused-ring (bicyclic) bond motifs is 1. The van der Waals surface area contributed by atoms with Crippen LogP contribution in [0.25, 0.3) is 0 Å². The number of rotatable bonds is 4. The Morgan fingerprint density at radius 1 is 1.22 bits per heavy atom. The van der Waals surface area contributed by atoms with Crippen LogP contribution in [-0.2, 0) is 15.6 Å². The lowest BCUT2D eigenvalue weighted by molar-refractivity contribution is 0.00219. The van der Waals surface area contributed by atoms with Crippen molar-refractivity contribution in [2.45, 2.75) is 16.9 Å². The molecule has 122 valence electrons. The molecule has 1 unspecified atom stereocenters. The van der Waals surface area contributed by atoms with Crippen molar-refractivity contribution in [3.05, 3.63) is 58.6 Å². The zero-order chi connectivity index (χ0) is 16.5. The maximum absolute atomic E-state index is 12.4. The average Bonchev–Trinajstić information content (AvgIpc) is 2.54. The van der Waals surface area contributed by atoms with E-state index in [1.54, 1.807) is 30.3 Å². The molecule has 1 aliphatic heterocycles. The predicted octanol–water partition coefficient (Wildman–Crippen LogP) is 2.40. The number of benzene rings is 2. The molecule has 2 N–H and O–H groups in total. The summed E-state index contributed by atoms with van der Waals surface area (Å²) in [6.07, 6.45) is 0.324. The molecule has 0 saturated heterocycles. The van der Waals surface area contributed by atoms with E-state index in [-0.39, 0.29) is 11.4 Å². The minimum Gasteiger partial charge on any atom is -0.493 e. The molecule has 0 fully saturated rings. The average molecular weight is 398 g/mol. The lowest BCUT2D eigenvalue weighted by Gasteiger charge is -2.34. The van der Waals surface area contributed by atoms with Crippen LogP contribution in [0.4, 0.5) is 0 Å². The van der Waals surface area contributed by atoms with E-state index in [1.807, 2.05) is 6.07 Å². The SMILES string of the molecule is O=S(=O)(NCC1(O)CCOc2ccccc21)c1cccc(Br)c1. The monoisotopic (exact) mass is 397 g/mol. The van der Waals surface area contributed by atoms with Gasteiger partial charge in [-0.2, -0.15) is 0 Å². The quantitative estimate of drug-likeness (QED) is 0.830. The van der Waals surface area contributed by atoms with Gasteiger partial charge in [-0.15, -0.1) is 0 Å². The second-order valence-electron chi connectivity index (χ2n) is 5.41. The molecule has 2 aromatic carbocycles. The van der Waals surface area contributed by atoms with Gasteiger partial charge in [-0.05, 0) is 24.3 Å². The molecule has 0 saturated carbocycles. The minimum atomic E-state index is -3.70. The van der Waals surface area contributed by atoms with Crippen LogP contribution < -0.4 is 9.46 Å². The van der Waals surface area contributed by atoms with Gasteiger partial charge >= 0.3 is 0 Å². The van der Waals surface area contributed by atoms with E-state index in [4.69, 9.17) is 4.74 Å². The Bertz CT molecular complexity index is 824. The Morgan fingerprint density at radius 3 is 2.78 bits per heavy atom. The van der Waals surface area contributed by atoms with Gasteiger partial charge in [0.05, 0.1) is 11.5 Å². The van der Waals surface area contributed by atoms with Crippen molar-refractivity contribution < 1.29 is 18.3 Å². The van der Waals surface area contributed by atoms with Crippen molar-refractivity contribution in [3.8, 4) is 5.75 Å².